The molecule has 4 nitrogen and oxygen atoms in total. The zero-order valence-corrected chi connectivity index (χ0v) is 8.93. The molecule has 1 saturated carbocycles. The van der Waals surface area contributed by atoms with Gasteiger partial charge in [0, 0.05) is 0 Å². The summed E-state index contributed by atoms with van der Waals surface area (Å²) in [6, 6.07) is 0. The molecule has 0 spiro atoms. The lowest BCUT2D eigenvalue weighted by atomic mass is 9.84. The van der Waals surface area contributed by atoms with Gasteiger partial charge in [0.1, 0.15) is 0 Å². The van der Waals surface area contributed by atoms with Crippen molar-refractivity contribution in [2.75, 3.05) is 0 Å². The van der Waals surface area contributed by atoms with Crippen LogP contribution in [0.5, 0.6) is 0 Å². The van der Waals surface area contributed by atoms with E-state index in [2.05, 4.69) is 14.7 Å². The Kier molecular flexibility index (Phi) is 2.11. The van der Waals surface area contributed by atoms with Gasteiger partial charge in [-0.15, -0.1) is 0 Å². The van der Waals surface area contributed by atoms with Crippen LogP contribution in [-0.2, 0) is 11.7 Å². The van der Waals surface area contributed by atoms with Crippen molar-refractivity contribution in [1.29, 1.82) is 0 Å². The topological polar surface area (TPSA) is 64.9 Å². The van der Waals surface area contributed by atoms with Gasteiger partial charge in [0.25, 0.3) is 0 Å². The first-order chi connectivity index (χ1) is 7.17. The average Bonchev–Trinajstić information content (AvgIpc) is 2.71. The van der Waals surface area contributed by atoms with Crippen LogP contribution in [0.1, 0.15) is 38.4 Å². The Morgan fingerprint density at radius 2 is 1.94 bits per heavy atom. The van der Waals surface area contributed by atoms with Crippen LogP contribution in [0, 0.1) is 5.41 Å². The highest BCUT2D eigenvalue weighted by Crippen LogP contribution is 2.56. The summed E-state index contributed by atoms with van der Waals surface area (Å²) in [6.07, 6.45) is -2.91. The van der Waals surface area contributed by atoms with Crippen molar-refractivity contribution < 1.29 is 17.7 Å². The molecule has 0 saturated heterocycles. The zero-order valence-electron chi connectivity index (χ0n) is 8.93. The molecule has 0 aromatic carbocycles. The van der Waals surface area contributed by atoms with E-state index in [1.54, 1.807) is 6.92 Å². The molecule has 0 aliphatic heterocycles. The number of alkyl halides is 3. The van der Waals surface area contributed by atoms with E-state index in [9.17, 15) is 13.2 Å². The fourth-order valence-electron chi connectivity index (χ4n) is 1.53. The number of hydrogen-bond acceptors (Lipinski definition) is 4. The predicted molar refractivity (Wildman–Crippen MR) is 48.2 cm³/mol. The third-order valence-electron chi connectivity index (χ3n) is 3.39. The Morgan fingerprint density at radius 3 is 2.31 bits per heavy atom. The normalized spacial score (nSPS) is 22.9. The molecular weight excluding hydrogens is 223 g/mol. The third kappa shape index (κ3) is 1.59. The molecule has 0 radical (unpaired) electrons. The second-order valence-electron chi connectivity index (χ2n) is 4.68. The molecule has 7 heteroatoms. The van der Waals surface area contributed by atoms with E-state index in [0.29, 0.717) is 0 Å². The van der Waals surface area contributed by atoms with Crippen molar-refractivity contribution in [3.63, 3.8) is 0 Å². The van der Waals surface area contributed by atoms with Gasteiger partial charge in [-0.3, -0.25) is 0 Å². The fourth-order valence-corrected chi connectivity index (χ4v) is 1.53. The van der Waals surface area contributed by atoms with Crippen LogP contribution < -0.4 is 5.73 Å². The quantitative estimate of drug-likeness (QED) is 0.852. The number of hydrogen-bond donors (Lipinski definition) is 1. The van der Waals surface area contributed by atoms with Crippen LogP contribution in [-0.4, -0.2) is 10.1 Å². The summed E-state index contributed by atoms with van der Waals surface area (Å²) in [6.45, 7) is 3.53. The molecular formula is C9H12F3N3O. The molecule has 2 rings (SSSR count). The van der Waals surface area contributed by atoms with E-state index >= 15 is 0 Å². The van der Waals surface area contributed by atoms with Crippen molar-refractivity contribution in [1.82, 2.24) is 10.1 Å². The monoisotopic (exact) mass is 235 g/mol. The first kappa shape index (κ1) is 11.4. The molecule has 0 bridgehead atoms. The van der Waals surface area contributed by atoms with Gasteiger partial charge in [0.2, 0.25) is 0 Å². The Morgan fingerprint density at radius 1 is 1.38 bits per heavy atom. The first-order valence-electron chi connectivity index (χ1n) is 4.87. The maximum absolute atomic E-state index is 12.3. The van der Waals surface area contributed by atoms with Crippen molar-refractivity contribution in [2.45, 2.75) is 38.4 Å². The Hall–Kier alpha value is -1.11. The number of nitrogens with two attached hydrogens (primary N) is 1. The summed E-state index contributed by atoms with van der Waals surface area (Å²) in [7, 11) is 0. The molecule has 2 N–H and O–H groups in total. The third-order valence-corrected chi connectivity index (χ3v) is 3.39. The second-order valence-corrected chi connectivity index (χ2v) is 4.68. The van der Waals surface area contributed by atoms with E-state index in [0.717, 1.165) is 12.8 Å². The van der Waals surface area contributed by atoms with Crippen LogP contribution >= 0.6 is 0 Å². The second kappa shape index (κ2) is 2.97. The van der Waals surface area contributed by atoms with Crippen molar-refractivity contribution in [3.05, 3.63) is 11.7 Å². The van der Waals surface area contributed by atoms with E-state index in [4.69, 9.17) is 5.73 Å². The van der Waals surface area contributed by atoms with Crippen molar-refractivity contribution in [2.24, 2.45) is 11.1 Å². The molecule has 1 fully saturated rings. The Bertz CT molecular complexity index is 406. The van der Waals surface area contributed by atoms with Gasteiger partial charge >= 0.3 is 12.1 Å². The summed E-state index contributed by atoms with van der Waals surface area (Å²) in [5.41, 5.74) is 4.76. The van der Waals surface area contributed by atoms with Gasteiger partial charge in [0.15, 0.2) is 5.82 Å². The maximum Gasteiger partial charge on any atom is 0.471 e. The smallest absolute Gasteiger partial charge is 0.329 e. The lowest BCUT2D eigenvalue weighted by Crippen LogP contribution is -2.42. The van der Waals surface area contributed by atoms with E-state index in [1.807, 2.05) is 6.92 Å². The van der Waals surface area contributed by atoms with Gasteiger partial charge < -0.3 is 10.3 Å². The zero-order chi connectivity index (χ0) is 12.2. The van der Waals surface area contributed by atoms with Crippen LogP contribution in [0.25, 0.3) is 0 Å². The maximum atomic E-state index is 12.3. The molecule has 1 aromatic rings. The molecule has 1 aromatic heterocycles. The van der Waals surface area contributed by atoms with Crippen molar-refractivity contribution in [3.8, 4) is 0 Å². The minimum atomic E-state index is -4.62. The highest BCUT2D eigenvalue weighted by molar-refractivity contribution is 5.15. The van der Waals surface area contributed by atoms with Crippen LogP contribution in [0.4, 0.5) is 13.2 Å². The first-order valence-corrected chi connectivity index (χ1v) is 4.87. The summed E-state index contributed by atoms with van der Waals surface area (Å²) >= 11 is 0. The Balaban J connectivity index is 2.32. The predicted octanol–water partition coefficient (Wildman–Crippen LogP) is 2.06. The number of aromatic nitrogens is 2. The lowest BCUT2D eigenvalue weighted by Gasteiger charge is -2.27. The minimum absolute atomic E-state index is 0.0835. The van der Waals surface area contributed by atoms with Crippen LogP contribution in [0.3, 0.4) is 0 Å². The number of halogens is 3. The highest BCUT2D eigenvalue weighted by Gasteiger charge is 2.55. The van der Waals surface area contributed by atoms with Crippen LogP contribution in [0.15, 0.2) is 4.52 Å². The van der Waals surface area contributed by atoms with Gasteiger partial charge in [0.05, 0.1) is 5.54 Å². The molecule has 0 amide bonds. The minimum Gasteiger partial charge on any atom is -0.329 e. The Labute approximate surface area is 90.0 Å². The van der Waals surface area contributed by atoms with Crippen molar-refractivity contribution >= 4 is 0 Å². The van der Waals surface area contributed by atoms with E-state index in [-0.39, 0.29) is 11.2 Å². The SMILES string of the molecule is CC1(C(C)(N)c2noc(C(F)(F)F)n2)CC1. The van der Waals surface area contributed by atoms with Gasteiger partial charge in [-0.05, 0) is 25.2 Å². The summed E-state index contributed by atoms with van der Waals surface area (Å²) in [4.78, 5) is 3.33. The molecule has 1 unspecified atom stereocenters. The summed E-state index contributed by atoms with van der Waals surface area (Å²) < 4.78 is 41.0. The highest BCUT2D eigenvalue weighted by atomic mass is 19.4. The number of rotatable bonds is 2. The fraction of sp³-hybridized carbons (Fsp3) is 0.778. The molecule has 90 valence electrons. The average molecular weight is 235 g/mol. The summed E-state index contributed by atoms with van der Waals surface area (Å²) in [5, 5.41) is 3.33. The van der Waals surface area contributed by atoms with Gasteiger partial charge in [-0.25, -0.2) is 0 Å². The molecule has 1 atom stereocenters. The van der Waals surface area contributed by atoms with Crippen LogP contribution in [0.2, 0.25) is 0 Å². The standard InChI is InChI=1S/C9H12F3N3O/c1-7(3-4-7)8(2,13)5-14-6(16-15-5)9(10,11)12/h3-4,13H2,1-2H3. The molecule has 1 heterocycles. The number of nitrogens with zero attached hydrogens (tertiary/aromatic N) is 2. The summed E-state index contributed by atoms with van der Waals surface area (Å²) in [5.74, 6) is -1.43. The van der Waals surface area contributed by atoms with Gasteiger partial charge in [-0.1, -0.05) is 12.1 Å². The molecule has 16 heavy (non-hydrogen) atoms. The van der Waals surface area contributed by atoms with E-state index in [1.165, 1.54) is 0 Å². The molecule has 1 aliphatic carbocycles. The molecule has 1 aliphatic rings. The lowest BCUT2D eigenvalue weighted by molar-refractivity contribution is -0.159. The van der Waals surface area contributed by atoms with Gasteiger partial charge in [-0.2, -0.15) is 18.2 Å². The van der Waals surface area contributed by atoms with E-state index < -0.39 is 17.6 Å². The largest absolute Gasteiger partial charge is 0.471 e.